The largest absolute Gasteiger partial charge is 0.475 e. The van der Waals surface area contributed by atoms with Crippen molar-refractivity contribution in [2.24, 2.45) is 0 Å². The molecule has 0 N–H and O–H groups in total. The molecule has 11 heavy (non-hydrogen) atoms. The molecule has 0 amide bonds. The van der Waals surface area contributed by atoms with Crippen LogP contribution >= 0.6 is 8.81 Å². The molecule has 0 aliphatic carbocycles. The average molecular weight is 170 g/mol. The average Bonchev–Trinajstić information content (AvgIpc) is 2.07. The number of hydrogen-bond donors (Lipinski definition) is 0. The van der Waals surface area contributed by atoms with Gasteiger partial charge in [0.05, 0.1) is 15.2 Å². The highest BCUT2D eigenvalue weighted by Gasteiger charge is 1.88. The van der Waals surface area contributed by atoms with Crippen LogP contribution in [0, 0.1) is 0 Å². The Balaban J connectivity index is 2.28. The fraction of sp³-hybridized carbons (Fsp3) is 0.250. The van der Waals surface area contributed by atoms with Crippen molar-refractivity contribution in [3.05, 3.63) is 30.3 Å². The van der Waals surface area contributed by atoms with E-state index in [0.29, 0.717) is 15.2 Å². The predicted molar refractivity (Wildman–Crippen MR) is 47.3 cm³/mol. The van der Waals surface area contributed by atoms with E-state index in [-0.39, 0.29) is 0 Å². The van der Waals surface area contributed by atoms with Gasteiger partial charge in [-0.1, -0.05) is 18.2 Å². The van der Waals surface area contributed by atoms with Crippen molar-refractivity contribution < 1.29 is 9.26 Å². The molecule has 0 fully saturated rings. The summed E-state index contributed by atoms with van der Waals surface area (Å²) in [6.07, 6.45) is 0.662. The number of ether oxygens (including phenoxy) is 1. The number of methoxy groups -OCH3 is 1. The smallest absolute Gasteiger partial charge is 0.123 e. The molecule has 2 nitrogen and oxygen atoms in total. The van der Waals surface area contributed by atoms with Gasteiger partial charge >= 0.3 is 0 Å². The fourth-order valence-electron chi connectivity index (χ4n) is 0.660. The lowest BCUT2D eigenvalue weighted by Gasteiger charge is -2.02. The molecule has 0 spiro atoms. The van der Waals surface area contributed by atoms with Crippen LogP contribution in [-0.2, 0) is 4.74 Å². The first-order valence-electron chi connectivity index (χ1n) is 3.37. The van der Waals surface area contributed by atoms with Crippen LogP contribution in [0.1, 0.15) is 0 Å². The number of para-hydroxylation sites is 1. The summed E-state index contributed by atoms with van der Waals surface area (Å²) in [6.45, 7) is 0. The molecule has 0 aromatic heterocycles. The molecule has 1 aromatic carbocycles. The summed E-state index contributed by atoms with van der Waals surface area (Å²) in [4.78, 5) is 0. The summed E-state index contributed by atoms with van der Waals surface area (Å²) in [7, 11) is 2.06. The van der Waals surface area contributed by atoms with Gasteiger partial charge in [-0.25, -0.2) is 0 Å². The lowest BCUT2D eigenvalue weighted by atomic mass is 10.3. The Labute approximate surface area is 68.4 Å². The minimum absolute atomic E-state index is 0.387. The summed E-state index contributed by atoms with van der Waals surface area (Å²) in [6, 6.07) is 9.73. The zero-order chi connectivity index (χ0) is 7.94. The Morgan fingerprint density at radius 3 is 2.64 bits per heavy atom. The van der Waals surface area contributed by atoms with Crippen LogP contribution in [0.4, 0.5) is 0 Å². The number of rotatable bonds is 4. The standard InChI is InChI=1S/C8H11O2P/c1-9-7-11-10-8-5-3-2-4-6-8/h2-6,11H,7H2,1H3. The van der Waals surface area contributed by atoms with E-state index >= 15 is 0 Å². The monoisotopic (exact) mass is 170 g/mol. The molecular weight excluding hydrogens is 159 g/mol. The van der Waals surface area contributed by atoms with Crippen LogP contribution in [-0.4, -0.2) is 13.5 Å². The molecule has 1 aromatic rings. The Kier molecular flexibility index (Phi) is 3.95. The first-order valence-corrected chi connectivity index (χ1v) is 4.48. The van der Waals surface area contributed by atoms with E-state index in [4.69, 9.17) is 9.26 Å². The highest BCUT2D eigenvalue weighted by molar-refractivity contribution is 7.32. The summed E-state index contributed by atoms with van der Waals surface area (Å²) < 4.78 is 10.2. The normalized spacial score (nSPS) is 10.6. The molecule has 0 heterocycles. The van der Waals surface area contributed by atoms with Crippen LogP contribution in [0.2, 0.25) is 0 Å². The van der Waals surface area contributed by atoms with Crippen LogP contribution in [0.25, 0.3) is 0 Å². The van der Waals surface area contributed by atoms with Crippen LogP contribution in [0.15, 0.2) is 30.3 Å². The third kappa shape index (κ3) is 3.35. The molecule has 60 valence electrons. The molecule has 0 saturated carbocycles. The van der Waals surface area contributed by atoms with E-state index in [1.165, 1.54) is 0 Å². The van der Waals surface area contributed by atoms with Crippen LogP contribution in [0.3, 0.4) is 0 Å². The van der Waals surface area contributed by atoms with E-state index in [1.54, 1.807) is 7.11 Å². The molecule has 3 heteroatoms. The quantitative estimate of drug-likeness (QED) is 0.509. The third-order valence-electron chi connectivity index (χ3n) is 1.14. The Morgan fingerprint density at radius 1 is 1.27 bits per heavy atom. The van der Waals surface area contributed by atoms with Gasteiger partial charge in [0.15, 0.2) is 0 Å². The van der Waals surface area contributed by atoms with E-state index in [1.807, 2.05) is 30.3 Å². The first kappa shape index (κ1) is 8.51. The van der Waals surface area contributed by atoms with Gasteiger partial charge in [0.25, 0.3) is 0 Å². The van der Waals surface area contributed by atoms with Crippen molar-refractivity contribution >= 4 is 8.81 Å². The van der Waals surface area contributed by atoms with Crippen molar-refractivity contribution in [1.82, 2.24) is 0 Å². The Morgan fingerprint density at radius 2 is 2.00 bits per heavy atom. The second-order valence-electron chi connectivity index (χ2n) is 1.99. The molecule has 1 rings (SSSR count). The van der Waals surface area contributed by atoms with Gasteiger partial charge in [-0.15, -0.1) is 0 Å². The van der Waals surface area contributed by atoms with Gasteiger partial charge < -0.3 is 9.26 Å². The van der Waals surface area contributed by atoms with E-state index in [9.17, 15) is 0 Å². The van der Waals surface area contributed by atoms with Gasteiger partial charge in [0.2, 0.25) is 0 Å². The van der Waals surface area contributed by atoms with E-state index in [2.05, 4.69) is 0 Å². The predicted octanol–water partition coefficient (Wildman–Crippen LogP) is 2.26. The topological polar surface area (TPSA) is 18.5 Å². The maximum absolute atomic E-state index is 5.35. The van der Waals surface area contributed by atoms with Gasteiger partial charge in [0.1, 0.15) is 5.75 Å². The van der Waals surface area contributed by atoms with Gasteiger partial charge in [0, 0.05) is 7.11 Å². The third-order valence-corrected chi connectivity index (χ3v) is 1.92. The zero-order valence-electron chi connectivity index (χ0n) is 6.41. The highest BCUT2D eigenvalue weighted by atomic mass is 31.1. The van der Waals surface area contributed by atoms with Crippen molar-refractivity contribution in [3.8, 4) is 5.75 Å². The molecule has 0 radical (unpaired) electrons. The summed E-state index contributed by atoms with van der Waals surface area (Å²) in [5.41, 5.74) is 0. The molecule has 1 unspecified atom stereocenters. The summed E-state index contributed by atoms with van der Waals surface area (Å²) in [5, 5.41) is 0. The van der Waals surface area contributed by atoms with Gasteiger partial charge in [-0.3, -0.25) is 0 Å². The molecular formula is C8H11O2P. The first-order chi connectivity index (χ1) is 5.43. The Bertz CT molecular complexity index is 189. The minimum atomic E-state index is 0.387. The molecule has 1 atom stereocenters. The van der Waals surface area contributed by atoms with Gasteiger partial charge in [-0.05, 0) is 12.1 Å². The number of benzene rings is 1. The lowest BCUT2D eigenvalue weighted by Crippen LogP contribution is -1.83. The maximum Gasteiger partial charge on any atom is 0.123 e. The van der Waals surface area contributed by atoms with E-state index in [0.717, 1.165) is 5.75 Å². The zero-order valence-corrected chi connectivity index (χ0v) is 7.41. The molecule has 0 aliphatic heterocycles. The van der Waals surface area contributed by atoms with Crippen molar-refractivity contribution in [3.63, 3.8) is 0 Å². The molecule has 0 bridgehead atoms. The second kappa shape index (κ2) is 5.11. The summed E-state index contributed by atoms with van der Waals surface area (Å²) >= 11 is 0. The summed E-state index contributed by atoms with van der Waals surface area (Å²) in [5.74, 6) is 0.905. The van der Waals surface area contributed by atoms with Gasteiger partial charge in [-0.2, -0.15) is 0 Å². The van der Waals surface area contributed by atoms with Crippen molar-refractivity contribution in [2.45, 2.75) is 0 Å². The van der Waals surface area contributed by atoms with Crippen molar-refractivity contribution in [1.29, 1.82) is 0 Å². The molecule has 0 aliphatic rings. The minimum Gasteiger partial charge on any atom is -0.475 e. The second-order valence-corrected chi connectivity index (χ2v) is 2.77. The highest BCUT2D eigenvalue weighted by Crippen LogP contribution is 2.19. The molecule has 0 saturated heterocycles. The Hall–Kier alpha value is -0.590. The maximum atomic E-state index is 5.35. The van der Waals surface area contributed by atoms with E-state index < -0.39 is 0 Å². The SMILES string of the molecule is COCPOc1ccccc1. The number of hydrogen-bond acceptors (Lipinski definition) is 2. The van der Waals surface area contributed by atoms with Crippen molar-refractivity contribution in [2.75, 3.05) is 13.5 Å². The fourth-order valence-corrected chi connectivity index (χ4v) is 1.14. The van der Waals surface area contributed by atoms with Crippen LogP contribution < -0.4 is 4.52 Å². The lowest BCUT2D eigenvalue weighted by molar-refractivity contribution is 0.251. The van der Waals surface area contributed by atoms with Crippen LogP contribution in [0.5, 0.6) is 5.75 Å².